The number of nitrogens with one attached hydrogen (secondary N) is 1. The number of amides is 1. The molecule has 0 aromatic rings. The van der Waals surface area contributed by atoms with Crippen LogP contribution in [0.3, 0.4) is 0 Å². The number of rotatable bonds is 14. The van der Waals surface area contributed by atoms with Crippen LogP contribution >= 0.6 is 7.82 Å². The molecule has 0 saturated carbocycles. The average molecular weight is 430 g/mol. The van der Waals surface area contributed by atoms with E-state index in [1.807, 2.05) is 0 Å². The van der Waals surface area contributed by atoms with Gasteiger partial charge in [-0.3, -0.25) is 23.4 Å². The number of hydrogen-bond donors (Lipinski definition) is 7. The minimum absolute atomic E-state index is 0.676. The van der Waals surface area contributed by atoms with E-state index in [9.17, 15) is 33.4 Å². The lowest BCUT2D eigenvalue weighted by molar-refractivity contribution is -0.148. The van der Waals surface area contributed by atoms with Crippen molar-refractivity contribution in [3.05, 3.63) is 0 Å². The van der Waals surface area contributed by atoms with Crippen molar-refractivity contribution in [3.8, 4) is 0 Å². The molecule has 16 heteroatoms. The molecular weight excluding hydrogens is 411 g/mol. The largest absolute Gasteiger partial charge is 0.481 e. The normalized spacial score (nSPS) is 16.2. The number of hydrogen-bond acceptors (Lipinski definition) is 9. The predicted molar refractivity (Wildman–Crippen MR) is 85.0 cm³/mol. The minimum atomic E-state index is -5.15. The molecule has 0 radical (unpaired) electrons. The van der Waals surface area contributed by atoms with Crippen LogP contribution in [0.1, 0.15) is 19.3 Å². The van der Waals surface area contributed by atoms with Crippen molar-refractivity contribution in [1.29, 1.82) is 0 Å². The molecule has 0 spiro atoms. The highest BCUT2D eigenvalue weighted by molar-refractivity contribution is 7.47. The molecule has 15 nitrogen and oxygen atoms in total. The fourth-order valence-electron chi connectivity index (χ4n) is 1.55. The van der Waals surface area contributed by atoms with Crippen molar-refractivity contribution in [1.82, 2.24) is 5.32 Å². The summed E-state index contributed by atoms with van der Waals surface area (Å²) in [6.07, 6.45) is -4.19. The molecule has 0 aromatic heterocycles. The third-order valence-electron chi connectivity index (χ3n) is 2.92. The van der Waals surface area contributed by atoms with Gasteiger partial charge in [-0.25, -0.2) is 14.2 Å². The van der Waals surface area contributed by atoms with E-state index in [-0.39, 0.29) is 0 Å². The predicted octanol–water partition coefficient (Wildman–Crippen LogP) is -2.19. The Morgan fingerprint density at radius 1 is 1.00 bits per heavy atom. The van der Waals surface area contributed by atoms with Crippen molar-refractivity contribution in [2.24, 2.45) is 5.73 Å². The third kappa shape index (κ3) is 10.5. The van der Waals surface area contributed by atoms with Gasteiger partial charge in [0.05, 0.1) is 13.0 Å². The number of aliphatic carboxylic acids is 4. The number of phosphoric acid groups is 1. The second-order valence-corrected chi connectivity index (χ2v) is 6.64. The minimum Gasteiger partial charge on any atom is -0.481 e. The van der Waals surface area contributed by atoms with E-state index >= 15 is 0 Å². The van der Waals surface area contributed by atoms with Crippen LogP contribution in [0.2, 0.25) is 0 Å². The molecule has 0 heterocycles. The standard InChI is InChI=1S/C12H19N2O13P/c13-5(10(18)19)3-8(15)14-6(11(20)21)4-26-28(24,25)27-7(12(22)23)1-2-9(16)17/h5-7H,1-4,13H2,(H,14,15)(H,16,17)(H,18,19)(H,20,21)(H,22,23)(H,24,25)/t5-,6-,7-/m0/s1. The smallest absolute Gasteiger partial charge is 0.473 e. The summed E-state index contributed by atoms with van der Waals surface area (Å²) in [5.74, 6) is -7.50. The number of nitrogens with two attached hydrogens (primary N) is 1. The molecule has 0 fully saturated rings. The lowest BCUT2D eigenvalue weighted by Crippen LogP contribution is -2.46. The van der Waals surface area contributed by atoms with Crippen LogP contribution in [0.4, 0.5) is 0 Å². The van der Waals surface area contributed by atoms with E-state index in [1.165, 1.54) is 0 Å². The van der Waals surface area contributed by atoms with E-state index < -0.39 is 81.7 Å². The Labute approximate surface area is 156 Å². The van der Waals surface area contributed by atoms with E-state index in [0.717, 1.165) is 0 Å². The van der Waals surface area contributed by atoms with E-state index in [2.05, 4.69) is 9.05 Å². The van der Waals surface area contributed by atoms with Crippen LogP contribution in [0, 0.1) is 0 Å². The lowest BCUT2D eigenvalue weighted by Gasteiger charge is -2.20. The Hall–Kier alpha value is -2.58. The van der Waals surface area contributed by atoms with E-state index in [4.69, 9.17) is 26.2 Å². The number of carbonyl (C=O) groups excluding carboxylic acids is 1. The van der Waals surface area contributed by atoms with Gasteiger partial charge in [0.25, 0.3) is 0 Å². The van der Waals surface area contributed by atoms with Crippen LogP contribution in [0.5, 0.6) is 0 Å². The van der Waals surface area contributed by atoms with Gasteiger partial charge in [0.15, 0.2) is 12.1 Å². The Morgan fingerprint density at radius 2 is 1.57 bits per heavy atom. The fourth-order valence-corrected chi connectivity index (χ4v) is 2.47. The number of carbonyl (C=O) groups is 5. The highest BCUT2D eigenvalue weighted by Gasteiger charge is 2.33. The first-order valence-corrected chi connectivity index (χ1v) is 8.85. The topological polar surface area (TPSA) is 260 Å². The van der Waals surface area contributed by atoms with E-state index in [1.54, 1.807) is 5.32 Å². The van der Waals surface area contributed by atoms with E-state index in [0.29, 0.717) is 0 Å². The van der Waals surface area contributed by atoms with Crippen molar-refractivity contribution >= 4 is 37.6 Å². The molecule has 1 unspecified atom stereocenters. The fraction of sp³-hybridized carbons (Fsp3) is 0.583. The van der Waals surface area contributed by atoms with Crippen molar-refractivity contribution in [2.45, 2.75) is 37.5 Å². The molecule has 4 atom stereocenters. The lowest BCUT2D eigenvalue weighted by atomic mass is 10.2. The molecule has 28 heavy (non-hydrogen) atoms. The van der Waals surface area contributed by atoms with Gasteiger partial charge in [-0.05, 0) is 6.42 Å². The zero-order valence-corrected chi connectivity index (χ0v) is 15.0. The highest BCUT2D eigenvalue weighted by atomic mass is 31.2. The van der Waals surface area contributed by atoms with Crippen LogP contribution in [-0.2, 0) is 37.6 Å². The first-order chi connectivity index (χ1) is 12.7. The Bertz CT molecular complexity index is 666. The summed E-state index contributed by atoms with van der Waals surface area (Å²) in [7, 11) is -5.15. The molecular formula is C12H19N2O13P. The second-order valence-electron chi connectivity index (χ2n) is 5.24. The zero-order chi connectivity index (χ0) is 22.1. The summed E-state index contributed by atoms with van der Waals surface area (Å²) in [6, 6.07) is -3.53. The molecule has 1 amide bonds. The molecule has 0 aliphatic heterocycles. The van der Waals surface area contributed by atoms with Crippen LogP contribution in [0.15, 0.2) is 0 Å². The Balaban J connectivity index is 4.86. The van der Waals surface area contributed by atoms with Gasteiger partial charge in [0.1, 0.15) is 6.04 Å². The number of phosphoric ester groups is 1. The van der Waals surface area contributed by atoms with Gasteiger partial charge in [-0.2, -0.15) is 0 Å². The Kier molecular flexibility index (Phi) is 10.3. The van der Waals surface area contributed by atoms with Crippen LogP contribution in [0.25, 0.3) is 0 Å². The van der Waals surface area contributed by atoms with Crippen molar-refractivity contribution in [3.63, 3.8) is 0 Å². The first-order valence-electron chi connectivity index (χ1n) is 7.36. The van der Waals surface area contributed by atoms with Gasteiger partial charge >= 0.3 is 31.7 Å². The second kappa shape index (κ2) is 11.3. The third-order valence-corrected chi connectivity index (χ3v) is 3.91. The number of carboxylic acid groups (broad SMARTS) is 4. The zero-order valence-electron chi connectivity index (χ0n) is 14.1. The number of carboxylic acids is 4. The quantitative estimate of drug-likeness (QED) is 0.144. The monoisotopic (exact) mass is 430 g/mol. The highest BCUT2D eigenvalue weighted by Crippen LogP contribution is 2.45. The van der Waals surface area contributed by atoms with Gasteiger partial charge < -0.3 is 36.4 Å². The van der Waals surface area contributed by atoms with Crippen LogP contribution in [-0.4, -0.2) is 79.9 Å². The molecule has 0 rings (SSSR count). The molecule has 0 aromatic carbocycles. The molecule has 160 valence electrons. The average Bonchev–Trinajstić information content (AvgIpc) is 2.54. The molecule has 0 aliphatic rings. The van der Waals surface area contributed by atoms with Crippen molar-refractivity contribution < 1.29 is 62.9 Å². The summed E-state index contributed by atoms with van der Waals surface area (Å²) < 4.78 is 20.4. The van der Waals surface area contributed by atoms with Gasteiger partial charge in [-0.15, -0.1) is 0 Å². The van der Waals surface area contributed by atoms with Gasteiger partial charge in [0.2, 0.25) is 5.91 Å². The van der Waals surface area contributed by atoms with Gasteiger partial charge in [0, 0.05) is 6.42 Å². The first kappa shape index (κ1) is 25.4. The summed E-state index contributed by atoms with van der Waals surface area (Å²) in [5, 5.41) is 36.7. The maximum absolute atomic E-state index is 11.8. The summed E-state index contributed by atoms with van der Waals surface area (Å²) in [6.45, 7) is -1.15. The van der Waals surface area contributed by atoms with Gasteiger partial charge in [-0.1, -0.05) is 0 Å². The molecule has 0 bridgehead atoms. The van der Waals surface area contributed by atoms with Crippen molar-refractivity contribution in [2.75, 3.05) is 6.61 Å². The SMILES string of the molecule is N[C@@H](CC(=O)N[C@@H](COP(=O)(O)O[C@@H](CCC(=O)O)C(=O)O)C(=O)O)C(=O)O. The molecule has 0 aliphatic carbocycles. The molecule has 8 N–H and O–H groups in total. The maximum Gasteiger partial charge on any atom is 0.473 e. The molecule has 0 saturated heterocycles. The maximum atomic E-state index is 11.8. The van der Waals surface area contributed by atoms with Crippen LogP contribution < -0.4 is 11.1 Å². The summed E-state index contributed by atoms with van der Waals surface area (Å²) in [5.41, 5.74) is 5.10. The summed E-state index contributed by atoms with van der Waals surface area (Å²) >= 11 is 0. The Morgan fingerprint density at radius 3 is 2.00 bits per heavy atom. The summed E-state index contributed by atoms with van der Waals surface area (Å²) in [4.78, 5) is 64.0.